The van der Waals surface area contributed by atoms with Gasteiger partial charge in [-0.1, -0.05) is 0 Å². The van der Waals surface area contributed by atoms with Crippen molar-refractivity contribution >= 4 is 6.09 Å². The second-order valence-electron chi connectivity index (χ2n) is 8.27. The molecule has 1 amide bonds. The molecule has 1 aliphatic carbocycles. The number of likely N-dealkylation sites (tertiary alicyclic amines) is 1. The fraction of sp³-hybridized carbons (Fsp3) is 0.941. The van der Waals surface area contributed by atoms with Gasteiger partial charge in [-0.15, -0.1) is 0 Å². The number of hydrogen-bond acceptors (Lipinski definition) is 4. The van der Waals surface area contributed by atoms with Gasteiger partial charge in [-0.05, 0) is 52.4 Å². The number of rotatable bonds is 2. The minimum Gasteiger partial charge on any atom is -0.444 e. The van der Waals surface area contributed by atoms with Crippen LogP contribution in [0, 0.1) is 5.92 Å². The lowest BCUT2D eigenvalue weighted by molar-refractivity contribution is -0.00288. The molecule has 126 valence electrons. The molecule has 22 heavy (non-hydrogen) atoms. The highest BCUT2D eigenvalue weighted by Gasteiger charge is 2.54. The zero-order valence-electron chi connectivity index (χ0n) is 14.4. The van der Waals surface area contributed by atoms with Crippen LogP contribution in [0.1, 0.15) is 46.5 Å². The van der Waals surface area contributed by atoms with Crippen molar-refractivity contribution < 1.29 is 9.53 Å². The number of amides is 1. The molecule has 1 atom stereocenters. The van der Waals surface area contributed by atoms with Gasteiger partial charge >= 0.3 is 6.09 Å². The van der Waals surface area contributed by atoms with E-state index >= 15 is 0 Å². The Labute approximate surface area is 134 Å². The lowest BCUT2D eigenvalue weighted by atomic mass is 9.88. The SMILES string of the molecule is CC(C)(C)OC(=O)N1CCC(CN2CCNCC2)CC12CC2. The maximum absolute atomic E-state index is 12.5. The van der Waals surface area contributed by atoms with Crippen molar-refractivity contribution in [2.75, 3.05) is 39.3 Å². The normalized spacial score (nSPS) is 28.7. The van der Waals surface area contributed by atoms with Crippen LogP contribution < -0.4 is 5.32 Å². The molecule has 1 unspecified atom stereocenters. The second-order valence-corrected chi connectivity index (χ2v) is 8.27. The average molecular weight is 309 g/mol. The molecular weight excluding hydrogens is 278 g/mol. The van der Waals surface area contributed by atoms with E-state index in [-0.39, 0.29) is 11.6 Å². The number of carbonyl (C=O) groups excluding carboxylic acids is 1. The van der Waals surface area contributed by atoms with Gasteiger partial charge in [0, 0.05) is 44.8 Å². The molecule has 1 spiro atoms. The maximum atomic E-state index is 12.5. The van der Waals surface area contributed by atoms with Crippen LogP contribution in [0.25, 0.3) is 0 Å². The highest BCUT2D eigenvalue weighted by molar-refractivity contribution is 5.70. The van der Waals surface area contributed by atoms with Crippen molar-refractivity contribution in [3.63, 3.8) is 0 Å². The van der Waals surface area contributed by atoms with E-state index in [4.69, 9.17) is 4.74 Å². The van der Waals surface area contributed by atoms with Crippen LogP contribution in [0.15, 0.2) is 0 Å². The average Bonchev–Trinajstić information content (AvgIpc) is 3.17. The van der Waals surface area contributed by atoms with E-state index in [9.17, 15) is 4.79 Å². The quantitative estimate of drug-likeness (QED) is 0.848. The van der Waals surface area contributed by atoms with E-state index in [0.29, 0.717) is 0 Å². The Balaban J connectivity index is 1.55. The zero-order chi connectivity index (χ0) is 15.8. The van der Waals surface area contributed by atoms with Gasteiger partial charge in [0.15, 0.2) is 0 Å². The minimum atomic E-state index is -0.398. The summed E-state index contributed by atoms with van der Waals surface area (Å²) in [5.41, 5.74) is -0.274. The number of nitrogens with one attached hydrogen (secondary N) is 1. The summed E-state index contributed by atoms with van der Waals surface area (Å²) in [5, 5.41) is 3.41. The monoisotopic (exact) mass is 309 g/mol. The molecule has 5 heteroatoms. The van der Waals surface area contributed by atoms with Crippen molar-refractivity contribution in [3.05, 3.63) is 0 Å². The van der Waals surface area contributed by atoms with Gasteiger partial charge in [-0.2, -0.15) is 0 Å². The Morgan fingerprint density at radius 1 is 1.23 bits per heavy atom. The Bertz CT molecular complexity index is 409. The number of hydrogen-bond donors (Lipinski definition) is 1. The van der Waals surface area contributed by atoms with E-state index in [0.717, 1.165) is 51.2 Å². The van der Waals surface area contributed by atoms with Crippen molar-refractivity contribution in [2.45, 2.75) is 57.6 Å². The third-order valence-electron chi connectivity index (χ3n) is 5.17. The Morgan fingerprint density at radius 3 is 2.50 bits per heavy atom. The predicted molar refractivity (Wildman–Crippen MR) is 86.9 cm³/mol. The van der Waals surface area contributed by atoms with Crippen LogP contribution in [0.2, 0.25) is 0 Å². The van der Waals surface area contributed by atoms with E-state index in [1.807, 2.05) is 25.7 Å². The largest absolute Gasteiger partial charge is 0.444 e. The molecule has 0 aromatic carbocycles. The van der Waals surface area contributed by atoms with Gasteiger partial charge in [0.1, 0.15) is 5.60 Å². The van der Waals surface area contributed by atoms with Gasteiger partial charge < -0.3 is 19.9 Å². The van der Waals surface area contributed by atoms with Gasteiger partial charge in [0.2, 0.25) is 0 Å². The highest BCUT2D eigenvalue weighted by Crippen LogP contribution is 2.50. The predicted octanol–water partition coefficient (Wildman–Crippen LogP) is 2.07. The molecule has 2 heterocycles. The van der Waals surface area contributed by atoms with Crippen LogP contribution in [-0.4, -0.2) is 66.3 Å². The van der Waals surface area contributed by atoms with Gasteiger partial charge in [0.05, 0.1) is 0 Å². The van der Waals surface area contributed by atoms with Crippen LogP contribution in [0.4, 0.5) is 4.79 Å². The number of nitrogens with zero attached hydrogens (tertiary/aromatic N) is 2. The van der Waals surface area contributed by atoms with Crippen LogP contribution in [0.5, 0.6) is 0 Å². The molecule has 3 aliphatic rings. The summed E-state index contributed by atoms with van der Waals surface area (Å²) in [6, 6.07) is 0. The number of ether oxygens (including phenoxy) is 1. The van der Waals surface area contributed by atoms with Gasteiger partial charge in [-0.3, -0.25) is 0 Å². The first-order valence-electron chi connectivity index (χ1n) is 8.82. The zero-order valence-corrected chi connectivity index (χ0v) is 14.4. The first-order chi connectivity index (χ1) is 10.4. The molecule has 0 aromatic rings. The number of piperidine rings is 1. The van der Waals surface area contributed by atoms with Crippen LogP contribution in [-0.2, 0) is 4.74 Å². The number of piperazine rings is 1. The summed E-state index contributed by atoms with van der Waals surface area (Å²) in [6.45, 7) is 12.5. The fourth-order valence-corrected chi connectivity index (χ4v) is 3.93. The maximum Gasteiger partial charge on any atom is 0.410 e. The van der Waals surface area contributed by atoms with E-state index in [2.05, 4.69) is 10.2 Å². The van der Waals surface area contributed by atoms with Gasteiger partial charge in [0.25, 0.3) is 0 Å². The molecule has 0 bridgehead atoms. The van der Waals surface area contributed by atoms with Crippen LogP contribution >= 0.6 is 0 Å². The molecular formula is C17H31N3O2. The second kappa shape index (κ2) is 6.00. The lowest BCUT2D eigenvalue weighted by Gasteiger charge is -2.42. The summed E-state index contributed by atoms with van der Waals surface area (Å²) >= 11 is 0. The summed E-state index contributed by atoms with van der Waals surface area (Å²) < 4.78 is 5.61. The molecule has 1 saturated carbocycles. The standard InChI is InChI=1S/C17H31N3O2/c1-16(2,3)22-15(21)20-9-4-14(12-17(20)5-6-17)13-19-10-7-18-8-11-19/h14,18H,4-13H2,1-3H3. The lowest BCUT2D eigenvalue weighted by Crippen LogP contribution is -2.52. The third kappa shape index (κ3) is 3.74. The van der Waals surface area contributed by atoms with Crippen molar-refractivity contribution in [3.8, 4) is 0 Å². The Kier molecular flexibility index (Phi) is 4.38. The molecule has 0 aromatic heterocycles. The Morgan fingerprint density at radius 2 is 1.91 bits per heavy atom. The van der Waals surface area contributed by atoms with Crippen molar-refractivity contribution in [1.29, 1.82) is 0 Å². The smallest absolute Gasteiger partial charge is 0.410 e. The first-order valence-corrected chi connectivity index (χ1v) is 8.82. The summed E-state index contributed by atoms with van der Waals surface area (Å²) in [4.78, 5) is 17.1. The van der Waals surface area contributed by atoms with Crippen molar-refractivity contribution in [2.24, 2.45) is 5.92 Å². The molecule has 3 fully saturated rings. The molecule has 2 saturated heterocycles. The Hall–Kier alpha value is -0.810. The van der Waals surface area contributed by atoms with Crippen LogP contribution in [0.3, 0.4) is 0 Å². The third-order valence-corrected chi connectivity index (χ3v) is 5.17. The summed E-state index contributed by atoms with van der Waals surface area (Å²) in [7, 11) is 0. The number of carbonyl (C=O) groups is 1. The molecule has 2 aliphatic heterocycles. The van der Waals surface area contributed by atoms with E-state index in [1.165, 1.54) is 19.6 Å². The minimum absolute atomic E-state index is 0.106. The molecule has 1 N–H and O–H groups in total. The summed E-state index contributed by atoms with van der Waals surface area (Å²) in [6.07, 6.45) is 4.49. The topological polar surface area (TPSA) is 44.8 Å². The molecule has 0 radical (unpaired) electrons. The van der Waals surface area contributed by atoms with E-state index < -0.39 is 5.60 Å². The highest BCUT2D eigenvalue weighted by atomic mass is 16.6. The van der Waals surface area contributed by atoms with Crippen molar-refractivity contribution in [1.82, 2.24) is 15.1 Å². The molecule has 5 nitrogen and oxygen atoms in total. The van der Waals surface area contributed by atoms with E-state index in [1.54, 1.807) is 0 Å². The first kappa shape index (κ1) is 16.1. The van der Waals surface area contributed by atoms with Gasteiger partial charge in [-0.25, -0.2) is 4.79 Å². The molecule has 3 rings (SSSR count). The summed E-state index contributed by atoms with van der Waals surface area (Å²) in [5.74, 6) is 0.735. The fourth-order valence-electron chi connectivity index (χ4n) is 3.93.